The lowest BCUT2D eigenvalue weighted by Gasteiger charge is -2.49. The number of carbonyl (C=O) groups excluding carboxylic acids is 1. The quantitative estimate of drug-likeness (QED) is 0.732. The summed E-state index contributed by atoms with van der Waals surface area (Å²) in [5.74, 6) is -0.862. The van der Waals surface area contributed by atoms with E-state index >= 15 is 0 Å². The number of fused-ring (bicyclic) bond motifs is 2. The fourth-order valence-electron chi connectivity index (χ4n) is 4.23. The van der Waals surface area contributed by atoms with Crippen molar-refractivity contribution in [3.8, 4) is 0 Å². The van der Waals surface area contributed by atoms with E-state index in [1.807, 2.05) is 56.0 Å². The van der Waals surface area contributed by atoms with Gasteiger partial charge in [0.05, 0.1) is 12.6 Å². The van der Waals surface area contributed by atoms with Gasteiger partial charge < -0.3 is 18.9 Å². The monoisotopic (exact) mass is 377 g/mol. The summed E-state index contributed by atoms with van der Waals surface area (Å²) >= 11 is 0. The summed E-state index contributed by atoms with van der Waals surface area (Å²) in [6.07, 6.45) is 1.62. The van der Waals surface area contributed by atoms with Crippen LogP contribution in [0.1, 0.15) is 45.6 Å². The molecule has 3 atom stereocenters. The molecule has 2 aliphatic heterocycles. The molecule has 0 N–H and O–H groups in total. The number of ether oxygens (including phenoxy) is 4. The molecule has 27 heavy (non-hydrogen) atoms. The van der Waals surface area contributed by atoms with Crippen molar-refractivity contribution in [3.05, 3.63) is 35.9 Å². The average molecular weight is 377 g/mol. The summed E-state index contributed by atoms with van der Waals surface area (Å²) in [7, 11) is 3.29. The molecule has 0 radical (unpaired) electrons. The van der Waals surface area contributed by atoms with E-state index < -0.39 is 11.4 Å². The van der Waals surface area contributed by atoms with Crippen LogP contribution >= 0.6 is 0 Å². The van der Waals surface area contributed by atoms with Crippen molar-refractivity contribution in [2.75, 3.05) is 14.2 Å². The Labute approximate surface area is 161 Å². The molecule has 0 spiro atoms. The highest BCUT2D eigenvalue weighted by atomic mass is 16.7. The number of hydrogen-bond donors (Lipinski definition) is 0. The highest BCUT2D eigenvalue weighted by Crippen LogP contribution is 2.45. The molecule has 6 heteroatoms. The molecule has 2 saturated heterocycles. The number of nitrogens with zero attached hydrogens (tertiary/aromatic N) is 1. The predicted molar refractivity (Wildman–Crippen MR) is 101 cm³/mol. The van der Waals surface area contributed by atoms with Gasteiger partial charge in [-0.2, -0.15) is 0 Å². The van der Waals surface area contributed by atoms with Crippen LogP contribution in [0.4, 0.5) is 4.79 Å². The second-order valence-electron chi connectivity index (χ2n) is 8.33. The number of methoxy groups -OCH3 is 2. The van der Waals surface area contributed by atoms with Gasteiger partial charge in [0.15, 0.2) is 5.79 Å². The van der Waals surface area contributed by atoms with Crippen LogP contribution in [0.5, 0.6) is 0 Å². The van der Waals surface area contributed by atoms with Gasteiger partial charge in [0, 0.05) is 26.7 Å². The molecule has 2 heterocycles. The summed E-state index contributed by atoms with van der Waals surface area (Å²) in [6, 6.07) is 9.88. The van der Waals surface area contributed by atoms with Crippen molar-refractivity contribution in [2.45, 2.75) is 76.2 Å². The van der Waals surface area contributed by atoms with E-state index in [1.54, 1.807) is 14.2 Å². The standard InChI is InChI=1S/C21H31NO5/c1-20(2,3)27-19(23)22-16-11-12-17(22)18(21(13-16,24-4)25-5)26-14-15-9-7-6-8-10-15/h6-10,16-18H,11-14H2,1-5H3/t16-,17+,18-/m1/s1. The first-order chi connectivity index (χ1) is 12.8. The normalized spacial score (nSPS) is 26.9. The van der Waals surface area contributed by atoms with Crippen LogP contribution in [-0.2, 0) is 25.6 Å². The van der Waals surface area contributed by atoms with E-state index in [4.69, 9.17) is 18.9 Å². The van der Waals surface area contributed by atoms with Crippen molar-refractivity contribution in [1.82, 2.24) is 4.90 Å². The maximum atomic E-state index is 12.8. The molecule has 0 saturated carbocycles. The molecule has 0 aromatic heterocycles. The Morgan fingerprint density at radius 3 is 2.41 bits per heavy atom. The third kappa shape index (κ3) is 4.13. The summed E-state index contributed by atoms with van der Waals surface area (Å²) in [5.41, 5.74) is 0.538. The third-order valence-electron chi connectivity index (χ3n) is 5.42. The number of amides is 1. The fourth-order valence-corrected chi connectivity index (χ4v) is 4.23. The van der Waals surface area contributed by atoms with Gasteiger partial charge in [-0.15, -0.1) is 0 Å². The van der Waals surface area contributed by atoms with Gasteiger partial charge in [-0.25, -0.2) is 4.79 Å². The first-order valence-corrected chi connectivity index (χ1v) is 9.57. The number of rotatable bonds is 5. The first-order valence-electron chi connectivity index (χ1n) is 9.57. The van der Waals surface area contributed by atoms with E-state index in [-0.39, 0.29) is 24.3 Å². The first kappa shape index (κ1) is 20.1. The van der Waals surface area contributed by atoms with Gasteiger partial charge in [-0.3, -0.25) is 4.90 Å². The molecule has 3 rings (SSSR count). The highest BCUT2D eigenvalue weighted by Gasteiger charge is 2.59. The second-order valence-corrected chi connectivity index (χ2v) is 8.33. The molecule has 0 unspecified atom stereocenters. The molecule has 150 valence electrons. The van der Waals surface area contributed by atoms with Gasteiger partial charge in [0.1, 0.15) is 11.7 Å². The van der Waals surface area contributed by atoms with Crippen LogP contribution in [0.3, 0.4) is 0 Å². The van der Waals surface area contributed by atoms with E-state index in [2.05, 4.69) is 0 Å². The van der Waals surface area contributed by atoms with Crippen molar-refractivity contribution in [3.63, 3.8) is 0 Å². The van der Waals surface area contributed by atoms with Crippen molar-refractivity contribution >= 4 is 6.09 Å². The maximum Gasteiger partial charge on any atom is 0.410 e. The average Bonchev–Trinajstić information content (AvgIpc) is 2.96. The maximum absolute atomic E-state index is 12.8. The fraction of sp³-hybridized carbons (Fsp3) is 0.667. The zero-order valence-electron chi connectivity index (χ0n) is 16.9. The van der Waals surface area contributed by atoms with Crippen molar-refractivity contribution in [2.24, 2.45) is 0 Å². The summed E-state index contributed by atoms with van der Waals surface area (Å²) in [4.78, 5) is 14.7. The van der Waals surface area contributed by atoms with Crippen LogP contribution in [0.25, 0.3) is 0 Å². The van der Waals surface area contributed by atoms with Gasteiger partial charge in [-0.1, -0.05) is 30.3 Å². The van der Waals surface area contributed by atoms with Crippen LogP contribution in [-0.4, -0.2) is 54.8 Å². The predicted octanol–water partition coefficient (Wildman–Crippen LogP) is 3.73. The van der Waals surface area contributed by atoms with Crippen molar-refractivity contribution < 1.29 is 23.7 Å². The molecule has 0 aliphatic carbocycles. The molecule has 2 fully saturated rings. The van der Waals surface area contributed by atoms with Gasteiger partial charge >= 0.3 is 6.09 Å². The topological polar surface area (TPSA) is 57.2 Å². The Kier molecular flexibility index (Phi) is 5.79. The van der Waals surface area contributed by atoms with E-state index in [9.17, 15) is 4.79 Å². The molecular weight excluding hydrogens is 346 g/mol. The smallest absolute Gasteiger partial charge is 0.410 e. The largest absolute Gasteiger partial charge is 0.444 e. The third-order valence-corrected chi connectivity index (χ3v) is 5.42. The van der Waals surface area contributed by atoms with Gasteiger partial charge in [0.2, 0.25) is 0 Å². The minimum Gasteiger partial charge on any atom is -0.444 e. The number of hydrogen-bond acceptors (Lipinski definition) is 5. The Balaban J connectivity index is 1.83. The van der Waals surface area contributed by atoms with Gasteiger partial charge in [-0.05, 0) is 39.2 Å². The summed E-state index contributed by atoms with van der Waals surface area (Å²) < 4.78 is 23.6. The molecule has 6 nitrogen and oxygen atoms in total. The molecule has 1 aromatic carbocycles. The second kappa shape index (κ2) is 7.78. The van der Waals surface area contributed by atoms with Crippen LogP contribution < -0.4 is 0 Å². The Morgan fingerprint density at radius 1 is 1.15 bits per heavy atom. The van der Waals surface area contributed by atoms with Crippen LogP contribution in [0.2, 0.25) is 0 Å². The van der Waals surface area contributed by atoms with E-state index in [0.29, 0.717) is 13.0 Å². The molecular formula is C21H31NO5. The summed E-state index contributed by atoms with van der Waals surface area (Å²) in [5, 5.41) is 0. The summed E-state index contributed by atoms with van der Waals surface area (Å²) in [6.45, 7) is 6.08. The molecule has 1 aromatic rings. The Morgan fingerprint density at radius 2 is 1.81 bits per heavy atom. The van der Waals surface area contributed by atoms with E-state index in [1.165, 1.54) is 0 Å². The molecule has 1 amide bonds. The number of carbonyl (C=O) groups is 1. The number of piperidine rings is 1. The lowest BCUT2D eigenvalue weighted by Crippen LogP contribution is -2.65. The molecule has 2 aliphatic rings. The zero-order chi connectivity index (χ0) is 19.7. The zero-order valence-corrected chi connectivity index (χ0v) is 16.9. The minimum absolute atomic E-state index is 0.0290. The van der Waals surface area contributed by atoms with E-state index in [0.717, 1.165) is 18.4 Å². The van der Waals surface area contributed by atoms with Crippen LogP contribution in [0.15, 0.2) is 30.3 Å². The lowest BCUT2D eigenvalue weighted by molar-refractivity contribution is -0.301. The minimum atomic E-state index is -0.862. The Bertz CT molecular complexity index is 638. The Hall–Kier alpha value is -1.63. The lowest BCUT2D eigenvalue weighted by atomic mass is 9.92. The SMILES string of the molecule is COC1(OC)C[C@H]2CC[C@@H]([C@H]1OCc1ccccc1)N2C(=O)OC(C)(C)C. The van der Waals surface area contributed by atoms with Crippen molar-refractivity contribution in [1.29, 1.82) is 0 Å². The number of benzene rings is 1. The van der Waals surface area contributed by atoms with Gasteiger partial charge in [0.25, 0.3) is 0 Å². The van der Waals surface area contributed by atoms with Crippen LogP contribution in [0, 0.1) is 0 Å². The molecule has 2 bridgehead atoms. The highest BCUT2D eigenvalue weighted by molar-refractivity contribution is 5.70.